The highest BCUT2D eigenvalue weighted by molar-refractivity contribution is 5.77. The Morgan fingerprint density at radius 1 is 0.935 bits per heavy atom. The molecule has 0 aliphatic heterocycles. The van der Waals surface area contributed by atoms with Gasteiger partial charge >= 0.3 is 0 Å². The number of nitrogens with one attached hydrogen (secondary N) is 1. The highest BCUT2D eigenvalue weighted by Gasteiger charge is 2.12. The van der Waals surface area contributed by atoms with Gasteiger partial charge in [0.2, 0.25) is 5.82 Å². The van der Waals surface area contributed by atoms with E-state index >= 15 is 0 Å². The van der Waals surface area contributed by atoms with Crippen molar-refractivity contribution in [2.24, 2.45) is 0 Å². The summed E-state index contributed by atoms with van der Waals surface area (Å²) in [5, 5.41) is 6.89. The zero-order chi connectivity index (χ0) is 21.5. The molecule has 0 saturated carbocycles. The van der Waals surface area contributed by atoms with Crippen LogP contribution in [0, 0.1) is 0 Å². The van der Waals surface area contributed by atoms with Gasteiger partial charge in [0.05, 0.1) is 7.11 Å². The fourth-order valence-electron chi connectivity index (χ4n) is 2.91. The van der Waals surface area contributed by atoms with Crippen LogP contribution in [0.5, 0.6) is 11.5 Å². The zero-order valence-corrected chi connectivity index (χ0v) is 16.9. The van der Waals surface area contributed by atoms with Crippen LogP contribution in [0.1, 0.15) is 5.56 Å². The number of amides is 1. The first kappa shape index (κ1) is 20.2. The van der Waals surface area contributed by atoms with E-state index in [-0.39, 0.29) is 12.5 Å². The van der Waals surface area contributed by atoms with Crippen molar-refractivity contribution >= 4 is 5.91 Å². The molecule has 31 heavy (non-hydrogen) atoms. The van der Waals surface area contributed by atoms with Crippen LogP contribution in [0.4, 0.5) is 0 Å². The number of aromatic nitrogens is 2. The minimum atomic E-state index is -0.199. The van der Waals surface area contributed by atoms with Crippen molar-refractivity contribution in [3.63, 3.8) is 0 Å². The van der Waals surface area contributed by atoms with E-state index in [4.69, 9.17) is 14.0 Å². The summed E-state index contributed by atoms with van der Waals surface area (Å²) in [4.78, 5) is 16.5. The van der Waals surface area contributed by atoms with Crippen molar-refractivity contribution in [1.29, 1.82) is 0 Å². The Bertz CT molecular complexity index is 1140. The largest absolute Gasteiger partial charge is 0.497 e. The van der Waals surface area contributed by atoms with Crippen molar-refractivity contribution in [2.75, 3.05) is 13.7 Å². The molecule has 0 saturated heterocycles. The summed E-state index contributed by atoms with van der Waals surface area (Å²) in [7, 11) is 1.61. The molecule has 1 amide bonds. The third kappa shape index (κ3) is 5.27. The molecule has 0 aliphatic rings. The van der Waals surface area contributed by atoms with Gasteiger partial charge in [-0.15, -0.1) is 0 Å². The van der Waals surface area contributed by atoms with E-state index in [9.17, 15) is 4.79 Å². The Morgan fingerprint density at radius 3 is 2.52 bits per heavy atom. The van der Waals surface area contributed by atoms with Gasteiger partial charge in [0, 0.05) is 17.7 Å². The summed E-state index contributed by atoms with van der Waals surface area (Å²) in [6.07, 6.45) is 0. The molecular weight excluding hydrogens is 394 g/mol. The average molecular weight is 415 g/mol. The molecule has 3 aromatic carbocycles. The average Bonchev–Trinajstić information content (AvgIpc) is 3.33. The topological polar surface area (TPSA) is 86.5 Å². The fourth-order valence-corrected chi connectivity index (χ4v) is 2.91. The van der Waals surface area contributed by atoms with Gasteiger partial charge in [0.1, 0.15) is 11.5 Å². The summed E-state index contributed by atoms with van der Waals surface area (Å²) < 4.78 is 16.2. The van der Waals surface area contributed by atoms with Gasteiger partial charge < -0.3 is 19.3 Å². The van der Waals surface area contributed by atoms with Crippen molar-refractivity contribution in [1.82, 2.24) is 15.5 Å². The first-order valence-electron chi connectivity index (χ1n) is 9.73. The molecule has 0 aliphatic carbocycles. The number of rotatable bonds is 8. The Kier molecular flexibility index (Phi) is 6.23. The maximum absolute atomic E-state index is 12.1. The van der Waals surface area contributed by atoms with Gasteiger partial charge in [-0.3, -0.25) is 4.79 Å². The van der Waals surface area contributed by atoms with Crippen LogP contribution in [0.15, 0.2) is 83.4 Å². The van der Waals surface area contributed by atoms with Gasteiger partial charge in [-0.25, -0.2) is 0 Å². The highest BCUT2D eigenvalue weighted by atomic mass is 16.5. The molecular formula is C24H21N3O4. The normalized spacial score (nSPS) is 10.5. The number of carbonyl (C=O) groups is 1. The summed E-state index contributed by atoms with van der Waals surface area (Å²) >= 11 is 0. The van der Waals surface area contributed by atoms with Crippen LogP contribution in [-0.2, 0) is 11.3 Å². The van der Waals surface area contributed by atoms with Crippen molar-refractivity contribution in [3.8, 4) is 34.3 Å². The van der Waals surface area contributed by atoms with Crippen molar-refractivity contribution in [2.45, 2.75) is 6.54 Å². The second kappa shape index (κ2) is 9.58. The van der Waals surface area contributed by atoms with E-state index in [0.717, 1.165) is 22.4 Å². The third-order valence-corrected chi connectivity index (χ3v) is 4.56. The van der Waals surface area contributed by atoms with E-state index in [0.29, 0.717) is 24.0 Å². The van der Waals surface area contributed by atoms with E-state index in [2.05, 4.69) is 15.5 Å². The number of carbonyl (C=O) groups excluding carboxylic acids is 1. The highest BCUT2D eigenvalue weighted by Crippen LogP contribution is 2.26. The van der Waals surface area contributed by atoms with E-state index in [1.807, 2.05) is 66.7 Å². The number of nitrogens with zero attached hydrogens (tertiary/aromatic N) is 2. The zero-order valence-electron chi connectivity index (χ0n) is 16.9. The predicted molar refractivity (Wildman–Crippen MR) is 116 cm³/mol. The molecule has 1 heterocycles. The molecule has 0 spiro atoms. The van der Waals surface area contributed by atoms with Crippen LogP contribution < -0.4 is 14.8 Å². The SMILES string of the molecule is COc1ccc(-c2nc(-c3cccc(OCC(=O)NCc4ccccc4)c3)no2)cc1. The standard InChI is InChI=1S/C24H21N3O4/c1-29-20-12-10-18(11-13-20)24-26-23(27-31-24)19-8-5-9-21(14-19)30-16-22(28)25-15-17-6-3-2-4-7-17/h2-14H,15-16H2,1H3,(H,25,28). The molecule has 0 bridgehead atoms. The lowest BCUT2D eigenvalue weighted by molar-refractivity contribution is -0.123. The van der Waals surface area contributed by atoms with Gasteiger partial charge in [-0.1, -0.05) is 47.6 Å². The van der Waals surface area contributed by atoms with Crippen LogP contribution in [-0.4, -0.2) is 29.8 Å². The Labute approximate surface area is 179 Å². The van der Waals surface area contributed by atoms with Crippen LogP contribution >= 0.6 is 0 Å². The van der Waals surface area contributed by atoms with Crippen LogP contribution in [0.3, 0.4) is 0 Å². The number of methoxy groups -OCH3 is 1. The molecule has 0 fully saturated rings. The molecule has 4 rings (SSSR count). The summed E-state index contributed by atoms with van der Waals surface area (Å²) in [5.74, 6) is 1.94. The smallest absolute Gasteiger partial charge is 0.258 e. The fraction of sp³-hybridized carbons (Fsp3) is 0.125. The first-order valence-corrected chi connectivity index (χ1v) is 9.73. The van der Waals surface area contributed by atoms with E-state index in [1.165, 1.54) is 0 Å². The van der Waals surface area contributed by atoms with Crippen molar-refractivity contribution < 1.29 is 18.8 Å². The van der Waals surface area contributed by atoms with Gasteiger partial charge in [-0.2, -0.15) is 4.98 Å². The maximum atomic E-state index is 12.1. The molecule has 1 aromatic heterocycles. The number of hydrogen-bond acceptors (Lipinski definition) is 6. The molecule has 0 atom stereocenters. The summed E-state index contributed by atoms with van der Waals surface area (Å²) in [6, 6.07) is 24.3. The Morgan fingerprint density at radius 2 is 1.74 bits per heavy atom. The second-order valence-electron chi connectivity index (χ2n) is 6.73. The third-order valence-electron chi connectivity index (χ3n) is 4.56. The lowest BCUT2D eigenvalue weighted by Crippen LogP contribution is -2.28. The predicted octanol–water partition coefficient (Wildman–Crippen LogP) is 4.11. The molecule has 156 valence electrons. The number of benzene rings is 3. The second-order valence-corrected chi connectivity index (χ2v) is 6.73. The van der Waals surface area contributed by atoms with Crippen molar-refractivity contribution in [3.05, 3.63) is 84.4 Å². The Hall–Kier alpha value is -4.13. The molecule has 7 nitrogen and oxygen atoms in total. The molecule has 1 N–H and O–H groups in total. The first-order chi connectivity index (χ1) is 15.2. The quantitative estimate of drug-likeness (QED) is 0.466. The number of hydrogen-bond donors (Lipinski definition) is 1. The summed E-state index contributed by atoms with van der Waals surface area (Å²) in [6.45, 7) is 0.375. The van der Waals surface area contributed by atoms with E-state index in [1.54, 1.807) is 19.2 Å². The Balaban J connectivity index is 1.37. The minimum absolute atomic E-state index is 0.0837. The van der Waals surface area contributed by atoms with Crippen LogP contribution in [0.25, 0.3) is 22.8 Å². The number of ether oxygens (including phenoxy) is 2. The molecule has 4 aromatic rings. The summed E-state index contributed by atoms with van der Waals surface area (Å²) in [5.41, 5.74) is 2.55. The lowest BCUT2D eigenvalue weighted by Gasteiger charge is -2.08. The minimum Gasteiger partial charge on any atom is -0.497 e. The lowest BCUT2D eigenvalue weighted by atomic mass is 10.2. The van der Waals surface area contributed by atoms with Gasteiger partial charge in [0.15, 0.2) is 6.61 Å². The van der Waals surface area contributed by atoms with Gasteiger partial charge in [0.25, 0.3) is 11.8 Å². The van der Waals surface area contributed by atoms with Crippen LogP contribution in [0.2, 0.25) is 0 Å². The maximum Gasteiger partial charge on any atom is 0.258 e. The molecule has 7 heteroatoms. The monoisotopic (exact) mass is 415 g/mol. The van der Waals surface area contributed by atoms with E-state index < -0.39 is 0 Å². The molecule has 0 radical (unpaired) electrons. The molecule has 0 unspecified atom stereocenters. The van der Waals surface area contributed by atoms with Gasteiger partial charge in [-0.05, 0) is 42.0 Å².